The number of carbonyl (C=O) groups is 1. The Balaban J connectivity index is 1.78. The standard InChI is InChI=1S/C16H14ClN3O3/c17-12-4-1-2-5-14(12)20-9-11(8-18-20)16(22)19-13(10-21)15-6-3-7-23-15/h1-9,13,21H,10H2,(H,19,22). The second kappa shape index (κ2) is 6.68. The topological polar surface area (TPSA) is 80.3 Å². The normalized spacial score (nSPS) is 12.1. The Labute approximate surface area is 137 Å². The summed E-state index contributed by atoms with van der Waals surface area (Å²) in [6.07, 6.45) is 4.50. The molecule has 0 radical (unpaired) electrons. The zero-order chi connectivity index (χ0) is 16.2. The van der Waals surface area contributed by atoms with Crippen molar-refractivity contribution in [1.29, 1.82) is 0 Å². The Bertz CT molecular complexity index is 799. The maximum absolute atomic E-state index is 12.3. The van der Waals surface area contributed by atoms with E-state index in [1.165, 1.54) is 17.1 Å². The van der Waals surface area contributed by atoms with Crippen LogP contribution in [0.4, 0.5) is 0 Å². The molecule has 0 bridgehead atoms. The van der Waals surface area contributed by atoms with Gasteiger partial charge in [-0.3, -0.25) is 4.79 Å². The smallest absolute Gasteiger partial charge is 0.255 e. The summed E-state index contributed by atoms with van der Waals surface area (Å²) in [4.78, 5) is 12.3. The first kappa shape index (κ1) is 15.3. The third kappa shape index (κ3) is 3.28. The highest BCUT2D eigenvalue weighted by molar-refractivity contribution is 6.32. The Morgan fingerprint density at radius 3 is 2.87 bits per heavy atom. The van der Waals surface area contributed by atoms with Gasteiger partial charge in [-0.1, -0.05) is 23.7 Å². The van der Waals surface area contributed by atoms with E-state index >= 15 is 0 Å². The Morgan fingerprint density at radius 1 is 1.35 bits per heavy atom. The van der Waals surface area contributed by atoms with Crippen molar-refractivity contribution in [3.63, 3.8) is 0 Å². The fraction of sp³-hybridized carbons (Fsp3) is 0.125. The Morgan fingerprint density at radius 2 is 2.17 bits per heavy atom. The number of para-hydroxylation sites is 1. The number of aromatic nitrogens is 2. The predicted octanol–water partition coefficient (Wildman–Crippen LogP) is 2.58. The molecular formula is C16H14ClN3O3. The van der Waals surface area contributed by atoms with Gasteiger partial charge in [0, 0.05) is 6.20 Å². The second-order valence-corrected chi connectivity index (χ2v) is 5.26. The fourth-order valence-electron chi connectivity index (χ4n) is 2.15. The van der Waals surface area contributed by atoms with Crippen LogP contribution in [0.2, 0.25) is 5.02 Å². The van der Waals surface area contributed by atoms with Crippen LogP contribution < -0.4 is 5.32 Å². The van der Waals surface area contributed by atoms with Gasteiger partial charge in [-0.15, -0.1) is 0 Å². The van der Waals surface area contributed by atoms with Gasteiger partial charge in [-0.25, -0.2) is 4.68 Å². The molecule has 0 saturated heterocycles. The van der Waals surface area contributed by atoms with Gasteiger partial charge in [0.1, 0.15) is 11.8 Å². The largest absolute Gasteiger partial charge is 0.467 e. The number of amides is 1. The van der Waals surface area contributed by atoms with E-state index in [0.717, 1.165) is 0 Å². The van der Waals surface area contributed by atoms with Gasteiger partial charge in [0.25, 0.3) is 5.91 Å². The van der Waals surface area contributed by atoms with Crippen LogP contribution in [0.3, 0.4) is 0 Å². The van der Waals surface area contributed by atoms with Crippen molar-refractivity contribution in [2.24, 2.45) is 0 Å². The van der Waals surface area contributed by atoms with E-state index in [2.05, 4.69) is 10.4 Å². The maximum Gasteiger partial charge on any atom is 0.255 e. The van der Waals surface area contributed by atoms with Crippen LogP contribution >= 0.6 is 11.6 Å². The molecule has 7 heteroatoms. The number of nitrogens with one attached hydrogen (secondary N) is 1. The molecule has 6 nitrogen and oxygen atoms in total. The summed E-state index contributed by atoms with van der Waals surface area (Å²) in [5.41, 5.74) is 1.04. The summed E-state index contributed by atoms with van der Waals surface area (Å²) >= 11 is 6.12. The highest BCUT2D eigenvalue weighted by atomic mass is 35.5. The molecule has 0 saturated carbocycles. The zero-order valence-corrected chi connectivity index (χ0v) is 12.8. The van der Waals surface area contributed by atoms with Crippen LogP contribution in [-0.2, 0) is 0 Å². The number of hydrogen-bond acceptors (Lipinski definition) is 4. The first-order valence-corrected chi connectivity index (χ1v) is 7.31. The molecule has 3 rings (SSSR count). The molecule has 1 amide bonds. The quantitative estimate of drug-likeness (QED) is 0.753. The summed E-state index contributed by atoms with van der Waals surface area (Å²) < 4.78 is 6.73. The van der Waals surface area contributed by atoms with Gasteiger partial charge >= 0.3 is 0 Å². The molecule has 1 aromatic carbocycles. The van der Waals surface area contributed by atoms with Gasteiger partial charge in [0.2, 0.25) is 0 Å². The van der Waals surface area contributed by atoms with Crippen LogP contribution in [0.1, 0.15) is 22.2 Å². The summed E-state index contributed by atoms with van der Waals surface area (Å²) in [5.74, 6) is 0.123. The molecule has 2 heterocycles. The van der Waals surface area contributed by atoms with Crippen molar-refractivity contribution in [3.8, 4) is 5.69 Å². The molecule has 23 heavy (non-hydrogen) atoms. The van der Waals surface area contributed by atoms with E-state index in [0.29, 0.717) is 22.0 Å². The van der Waals surface area contributed by atoms with Gasteiger partial charge < -0.3 is 14.8 Å². The first-order chi connectivity index (χ1) is 11.2. The molecule has 2 N–H and O–H groups in total. The average Bonchev–Trinajstić information content (AvgIpc) is 3.24. The van der Waals surface area contributed by atoms with Crippen LogP contribution in [0.5, 0.6) is 0 Å². The van der Waals surface area contributed by atoms with Gasteiger partial charge in [-0.05, 0) is 24.3 Å². The third-order valence-electron chi connectivity index (χ3n) is 3.32. The van der Waals surface area contributed by atoms with Crippen molar-refractivity contribution < 1.29 is 14.3 Å². The molecule has 3 aromatic rings. The van der Waals surface area contributed by atoms with Crippen molar-refractivity contribution in [3.05, 3.63) is 71.4 Å². The number of aliphatic hydroxyl groups excluding tert-OH is 1. The second-order valence-electron chi connectivity index (χ2n) is 4.85. The number of halogens is 1. The number of nitrogens with zero attached hydrogens (tertiary/aromatic N) is 2. The molecule has 1 unspecified atom stereocenters. The minimum absolute atomic E-state index is 0.266. The Kier molecular flexibility index (Phi) is 4.45. The molecule has 1 atom stereocenters. The number of benzene rings is 1. The fourth-order valence-corrected chi connectivity index (χ4v) is 2.37. The number of furan rings is 1. The molecule has 0 aliphatic heterocycles. The lowest BCUT2D eigenvalue weighted by Crippen LogP contribution is -2.30. The minimum atomic E-state index is -0.610. The van der Waals surface area contributed by atoms with Gasteiger partial charge in [-0.2, -0.15) is 5.10 Å². The molecule has 118 valence electrons. The molecule has 0 aliphatic rings. The van der Waals surface area contributed by atoms with Crippen molar-refractivity contribution in [1.82, 2.24) is 15.1 Å². The lowest BCUT2D eigenvalue weighted by molar-refractivity contribution is 0.0907. The highest BCUT2D eigenvalue weighted by Crippen LogP contribution is 2.19. The summed E-state index contributed by atoms with van der Waals surface area (Å²) in [7, 11) is 0. The maximum atomic E-state index is 12.3. The van der Waals surface area contributed by atoms with E-state index < -0.39 is 6.04 Å². The monoisotopic (exact) mass is 331 g/mol. The van der Waals surface area contributed by atoms with Gasteiger partial charge in [0.05, 0.1) is 35.3 Å². The Hall–Kier alpha value is -2.57. The number of carbonyl (C=O) groups excluding carboxylic acids is 1. The number of hydrogen-bond donors (Lipinski definition) is 2. The summed E-state index contributed by atoms with van der Waals surface area (Å²) in [6.45, 7) is -0.266. The van der Waals surface area contributed by atoms with E-state index in [9.17, 15) is 9.90 Å². The lowest BCUT2D eigenvalue weighted by Gasteiger charge is -2.12. The van der Waals surface area contributed by atoms with E-state index in [-0.39, 0.29) is 12.5 Å². The van der Waals surface area contributed by atoms with E-state index in [1.54, 1.807) is 30.5 Å². The van der Waals surface area contributed by atoms with Crippen molar-refractivity contribution in [2.45, 2.75) is 6.04 Å². The third-order valence-corrected chi connectivity index (χ3v) is 3.64. The molecular weight excluding hydrogens is 318 g/mol. The summed E-state index contributed by atoms with van der Waals surface area (Å²) in [5, 5.41) is 16.8. The average molecular weight is 332 g/mol. The van der Waals surface area contributed by atoms with Crippen LogP contribution in [-0.4, -0.2) is 27.4 Å². The molecule has 2 aromatic heterocycles. The van der Waals surface area contributed by atoms with E-state index in [4.69, 9.17) is 16.0 Å². The SMILES string of the molecule is O=C(NC(CO)c1ccco1)c1cnn(-c2ccccc2Cl)c1. The molecule has 0 aliphatic carbocycles. The van der Waals surface area contributed by atoms with Crippen LogP contribution in [0, 0.1) is 0 Å². The minimum Gasteiger partial charge on any atom is -0.467 e. The van der Waals surface area contributed by atoms with Crippen molar-refractivity contribution in [2.75, 3.05) is 6.61 Å². The molecule has 0 spiro atoms. The molecule has 0 fully saturated rings. The zero-order valence-electron chi connectivity index (χ0n) is 12.0. The van der Waals surface area contributed by atoms with Crippen LogP contribution in [0.15, 0.2) is 59.5 Å². The lowest BCUT2D eigenvalue weighted by atomic mass is 10.2. The number of aliphatic hydroxyl groups is 1. The predicted molar refractivity (Wildman–Crippen MR) is 84.6 cm³/mol. The van der Waals surface area contributed by atoms with Gasteiger partial charge in [0.15, 0.2) is 0 Å². The highest BCUT2D eigenvalue weighted by Gasteiger charge is 2.18. The number of rotatable bonds is 5. The van der Waals surface area contributed by atoms with E-state index in [1.807, 2.05) is 12.1 Å². The van der Waals surface area contributed by atoms with Crippen LogP contribution in [0.25, 0.3) is 5.69 Å². The van der Waals surface area contributed by atoms with Crippen molar-refractivity contribution >= 4 is 17.5 Å². The first-order valence-electron chi connectivity index (χ1n) is 6.93. The summed E-state index contributed by atoms with van der Waals surface area (Å²) in [6, 6.07) is 9.97.